The number of nitrogens with zero attached hydrogens (tertiary/aromatic N) is 4. The van der Waals surface area contributed by atoms with Crippen molar-refractivity contribution in [2.75, 3.05) is 18.4 Å². The molecule has 1 saturated heterocycles. The molecule has 172 valence electrons. The number of nitriles is 1. The fourth-order valence-corrected chi connectivity index (χ4v) is 3.97. The van der Waals surface area contributed by atoms with Crippen LogP contribution in [0.2, 0.25) is 5.02 Å². The van der Waals surface area contributed by atoms with E-state index in [1.54, 1.807) is 41.3 Å². The summed E-state index contributed by atoms with van der Waals surface area (Å²) in [5, 5.41) is 16.9. The first-order valence-electron chi connectivity index (χ1n) is 10.9. The van der Waals surface area contributed by atoms with E-state index < -0.39 is 11.5 Å². The van der Waals surface area contributed by atoms with Crippen molar-refractivity contribution in [1.29, 1.82) is 5.26 Å². The van der Waals surface area contributed by atoms with E-state index in [9.17, 15) is 19.6 Å². The van der Waals surface area contributed by atoms with Crippen LogP contribution in [0.3, 0.4) is 0 Å². The summed E-state index contributed by atoms with van der Waals surface area (Å²) in [6.07, 6.45) is 2.99. The van der Waals surface area contributed by atoms with Crippen LogP contribution in [0, 0.1) is 11.3 Å². The Morgan fingerprint density at radius 2 is 1.76 bits per heavy atom. The lowest BCUT2D eigenvalue weighted by Crippen LogP contribution is -2.35. The summed E-state index contributed by atoms with van der Waals surface area (Å²) in [4.78, 5) is 39.6. The van der Waals surface area contributed by atoms with Crippen LogP contribution >= 0.6 is 11.6 Å². The Labute approximate surface area is 201 Å². The normalized spacial score (nSPS) is 13.2. The molecule has 0 spiro atoms. The number of carbonyl (C=O) groups is 2. The maximum Gasteiger partial charge on any atom is 0.267 e. The monoisotopic (exact) mass is 475 g/mol. The second-order valence-corrected chi connectivity index (χ2v) is 8.47. The average Bonchev–Trinajstić information content (AvgIpc) is 2.85. The number of rotatable bonds is 5. The van der Waals surface area contributed by atoms with Gasteiger partial charge in [-0.1, -0.05) is 23.7 Å². The molecular weight excluding hydrogens is 454 g/mol. The van der Waals surface area contributed by atoms with Crippen LogP contribution in [-0.4, -0.2) is 39.6 Å². The second kappa shape index (κ2) is 10.3. The molecule has 4 rings (SSSR count). The van der Waals surface area contributed by atoms with Crippen molar-refractivity contribution in [1.82, 2.24) is 14.7 Å². The third kappa shape index (κ3) is 5.50. The topological polar surface area (TPSA) is 108 Å². The summed E-state index contributed by atoms with van der Waals surface area (Å²) in [7, 11) is 0. The lowest BCUT2D eigenvalue weighted by molar-refractivity contribution is -0.117. The average molecular weight is 476 g/mol. The number of anilines is 1. The highest BCUT2D eigenvalue weighted by Crippen LogP contribution is 2.20. The zero-order chi connectivity index (χ0) is 24.1. The van der Waals surface area contributed by atoms with Crippen molar-refractivity contribution in [3.8, 4) is 17.3 Å². The van der Waals surface area contributed by atoms with Crippen LogP contribution in [-0.2, 0) is 11.3 Å². The molecule has 9 heteroatoms. The highest BCUT2D eigenvalue weighted by Gasteiger charge is 2.19. The van der Waals surface area contributed by atoms with Gasteiger partial charge >= 0.3 is 0 Å². The summed E-state index contributed by atoms with van der Waals surface area (Å²) < 4.78 is 1.06. The van der Waals surface area contributed by atoms with Gasteiger partial charge in [-0.3, -0.25) is 14.4 Å². The Balaban J connectivity index is 1.52. The highest BCUT2D eigenvalue weighted by atomic mass is 35.5. The lowest BCUT2D eigenvalue weighted by Gasteiger charge is -2.27. The van der Waals surface area contributed by atoms with Crippen molar-refractivity contribution in [2.24, 2.45) is 0 Å². The van der Waals surface area contributed by atoms with E-state index in [0.717, 1.165) is 29.5 Å². The minimum absolute atomic E-state index is 0.166. The standard InChI is InChI=1S/C25H22ClN5O3/c26-20-6-4-18(5-7-20)22-8-9-24(33)31(29-22)16-23(32)28-21-13-17(15-27)12-19(14-21)25(34)30-10-2-1-3-11-30/h4-9,12-14H,1-3,10-11,16H2,(H,28,32). The molecule has 1 fully saturated rings. The Morgan fingerprint density at radius 1 is 1.03 bits per heavy atom. The van der Waals surface area contributed by atoms with E-state index in [4.69, 9.17) is 11.6 Å². The van der Waals surface area contributed by atoms with Crippen molar-refractivity contribution in [3.05, 3.63) is 81.1 Å². The van der Waals surface area contributed by atoms with Gasteiger partial charge in [0.1, 0.15) is 6.54 Å². The molecule has 0 aliphatic carbocycles. The summed E-state index contributed by atoms with van der Waals surface area (Å²) in [5.41, 5.74) is 1.76. The van der Waals surface area contributed by atoms with Gasteiger partial charge in [-0.05, 0) is 55.7 Å². The molecule has 2 heterocycles. The molecule has 2 amide bonds. The zero-order valence-electron chi connectivity index (χ0n) is 18.3. The fourth-order valence-electron chi connectivity index (χ4n) is 3.84. The number of likely N-dealkylation sites (tertiary alicyclic amines) is 1. The number of amides is 2. The minimum Gasteiger partial charge on any atom is -0.339 e. The van der Waals surface area contributed by atoms with Crippen molar-refractivity contribution < 1.29 is 9.59 Å². The molecule has 34 heavy (non-hydrogen) atoms. The molecule has 3 aromatic rings. The molecule has 2 aromatic carbocycles. The predicted octanol–water partition coefficient (Wildman–Crippen LogP) is 3.70. The first-order chi connectivity index (χ1) is 16.4. The van der Waals surface area contributed by atoms with Gasteiger partial charge in [0.15, 0.2) is 0 Å². The predicted molar refractivity (Wildman–Crippen MR) is 128 cm³/mol. The number of benzene rings is 2. The van der Waals surface area contributed by atoms with Crippen molar-refractivity contribution >= 4 is 29.1 Å². The zero-order valence-corrected chi connectivity index (χ0v) is 19.1. The molecule has 1 aliphatic heterocycles. The maximum atomic E-state index is 12.9. The summed E-state index contributed by atoms with van der Waals surface area (Å²) in [6, 6.07) is 16.5. The number of hydrogen-bond donors (Lipinski definition) is 1. The van der Waals surface area contributed by atoms with E-state index in [2.05, 4.69) is 10.4 Å². The van der Waals surface area contributed by atoms with E-state index in [1.807, 2.05) is 6.07 Å². The Hall–Kier alpha value is -3.96. The van der Waals surface area contributed by atoms with Gasteiger partial charge < -0.3 is 10.2 Å². The van der Waals surface area contributed by atoms with E-state index >= 15 is 0 Å². The van der Waals surface area contributed by atoms with Crippen molar-refractivity contribution in [3.63, 3.8) is 0 Å². The Bertz CT molecular complexity index is 1320. The summed E-state index contributed by atoms with van der Waals surface area (Å²) in [6.45, 7) is 1.03. The van der Waals surface area contributed by atoms with Gasteiger partial charge in [-0.25, -0.2) is 4.68 Å². The fraction of sp³-hybridized carbons (Fsp3) is 0.240. The smallest absolute Gasteiger partial charge is 0.267 e. The van der Waals surface area contributed by atoms with Gasteiger partial charge in [0, 0.05) is 41.0 Å². The SMILES string of the molecule is N#Cc1cc(NC(=O)Cn2nc(-c3ccc(Cl)cc3)ccc2=O)cc(C(=O)N2CCCCC2)c1. The number of aromatic nitrogens is 2. The van der Waals surface area contributed by atoms with Crippen LogP contribution in [0.1, 0.15) is 35.2 Å². The van der Waals surface area contributed by atoms with Crippen LogP contribution in [0.15, 0.2) is 59.4 Å². The highest BCUT2D eigenvalue weighted by molar-refractivity contribution is 6.30. The number of carbonyl (C=O) groups excluding carboxylic acids is 2. The molecule has 0 bridgehead atoms. The van der Waals surface area contributed by atoms with Gasteiger partial charge in [-0.15, -0.1) is 0 Å². The number of nitrogens with one attached hydrogen (secondary N) is 1. The quantitative estimate of drug-likeness (QED) is 0.605. The van der Waals surface area contributed by atoms with E-state index in [1.165, 1.54) is 18.2 Å². The first kappa shape index (κ1) is 23.2. The summed E-state index contributed by atoms with van der Waals surface area (Å²) in [5.74, 6) is -0.671. The molecule has 8 nitrogen and oxygen atoms in total. The third-order valence-electron chi connectivity index (χ3n) is 5.54. The second-order valence-electron chi connectivity index (χ2n) is 8.03. The van der Waals surface area contributed by atoms with Gasteiger partial charge in [0.25, 0.3) is 11.5 Å². The largest absolute Gasteiger partial charge is 0.339 e. The first-order valence-corrected chi connectivity index (χ1v) is 11.3. The van der Waals surface area contributed by atoms with Gasteiger partial charge in [0.2, 0.25) is 5.91 Å². The van der Waals surface area contributed by atoms with Gasteiger partial charge in [0.05, 0.1) is 17.3 Å². The maximum absolute atomic E-state index is 12.9. The van der Waals surface area contributed by atoms with E-state index in [-0.39, 0.29) is 18.0 Å². The number of hydrogen-bond acceptors (Lipinski definition) is 5. The minimum atomic E-state index is -0.505. The number of piperidine rings is 1. The van der Waals surface area contributed by atoms with Crippen LogP contribution in [0.5, 0.6) is 0 Å². The molecule has 0 saturated carbocycles. The van der Waals surface area contributed by atoms with E-state index in [0.29, 0.717) is 35.1 Å². The molecule has 0 atom stereocenters. The molecule has 1 aliphatic rings. The van der Waals surface area contributed by atoms with Crippen LogP contribution in [0.4, 0.5) is 5.69 Å². The van der Waals surface area contributed by atoms with Gasteiger partial charge in [-0.2, -0.15) is 10.4 Å². The Kier molecular flexibility index (Phi) is 7.04. The third-order valence-corrected chi connectivity index (χ3v) is 5.79. The molecule has 0 unspecified atom stereocenters. The molecule has 0 radical (unpaired) electrons. The number of halogens is 1. The molecule has 1 N–H and O–H groups in total. The lowest BCUT2D eigenvalue weighted by atomic mass is 10.1. The summed E-state index contributed by atoms with van der Waals surface area (Å²) >= 11 is 5.93. The Morgan fingerprint density at radius 3 is 2.47 bits per heavy atom. The molecular formula is C25H22ClN5O3. The van der Waals surface area contributed by atoms with Crippen molar-refractivity contribution in [2.45, 2.75) is 25.8 Å². The van der Waals surface area contributed by atoms with Crippen LogP contribution < -0.4 is 10.9 Å². The van der Waals surface area contributed by atoms with Crippen LogP contribution in [0.25, 0.3) is 11.3 Å². The molecule has 1 aromatic heterocycles.